The second-order valence-electron chi connectivity index (χ2n) is 2.57. The lowest BCUT2D eigenvalue weighted by molar-refractivity contribution is -0.164. The maximum absolute atomic E-state index is 12.4. The molecule has 0 radical (unpaired) electrons. The van der Waals surface area contributed by atoms with Crippen LogP contribution in [0.15, 0.2) is 0 Å². The second-order valence-corrected chi connectivity index (χ2v) is 2.57. The molecule has 0 aromatic heterocycles. The van der Waals surface area contributed by atoms with Crippen LogP contribution in [0.2, 0.25) is 0 Å². The average molecular weight is 210 g/mol. The zero-order valence-electron chi connectivity index (χ0n) is 7.64. The Kier molecular flexibility index (Phi) is 5.00. The molecule has 0 atom stereocenters. The Hall–Kier alpha value is -1.24. The molecule has 14 heavy (non-hydrogen) atoms. The van der Waals surface area contributed by atoms with Crippen LogP contribution in [-0.4, -0.2) is 42.5 Å². The molecule has 0 aromatic rings. The van der Waals surface area contributed by atoms with Gasteiger partial charge in [0.05, 0.1) is 13.1 Å². The monoisotopic (exact) mass is 210 g/mol. The summed E-state index contributed by atoms with van der Waals surface area (Å²) >= 11 is 0. The van der Waals surface area contributed by atoms with E-state index in [1.165, 1.54) is 0 Å². The van der Waals surface area contributed by atoms with Gasteiger partial charge in [0.1, 0.15) is 0 Å². The summed E-state index contributed by atoms with van der Waals surface area (Å²) in [6.07, 6.45) is 0. The highest BCUT2D eigenvalue weighted by Gasteiger charge is 2.38. The summed E-state index contributed by atoms with van der Waals surface area (Å²) in [5.74, 6) is -6.50. The van der Waals surface area contributed by atoms with Crippen LogP contribution in [-0.2, 0) is 9.59 Å². The molecule has 0 spiro atoms. The van der Waals surface area contributed by atoms with Crippen LogP contribution in [0.25, 0.3) is 0 Å². The van der Waals surface area contributed by atoms with E-state index in [1.54, 1.807) is 6.92 Å². The number of hydrogen-bond acceptors (Lipinski definition) is 3. The van der Waals surface area contributed by atoms with Crippen molar-refractivity contribution in [1.29, 1.82) is 0 Å². The van der Waals surface area contributed by atoms with Crippen LogP contribution in [0.5, 0.6) is 0 Å². The molecule has 5 nitrogen and oxygen atoms in total. The number of carbonyl (C=O) groups excluding carboxylic acids is 1. The Morgan fingerprint density at radius 2 is 2.00 bits per heavy atom. The first-order chi connectivity index (χ1) is 6.40. The summed E-state index contributed by atoms with van der Waals surface area (Å²) in [5.41, 5.74) is 0. The molecule has 0 aromatic carbocycles. The quantitative estimate of drug-likeness (QED) is 0.548. The molecule has 0 heterocycles. The summed E-state index contributed by atoms with van der Waals surface area (Å²) < 4.78 is 24.8. The summed E-state index contributed by atoms with van der Waals surface area (Å²) in [4.78, 5) is 20.7. The Morgan fingerprint density at radius 1 is 1.43 bits per heavy atom. The fourth-order valence-electron chi connectivity index (χ4n) is 0.668. The average Bonchev–Trinajstić information content (AvgIpc) is 2.04. The van der Waals surface area contributed by atoms with E-state index in [9.17, 15) is 18.4 Å². The Bertz CT molecular complexity index is 221. The number of halogens is 2. The summed E-state index contributed by atoms with van der Waals surface area (Å²) in [6.45, 7) is 0.704. The predicted octanol–water partition coefficient (Wildman–Crippen LogP) is -0.568. The highest BCUT2D eigenvalue weighted by molar-refractivity contribution is 5.78. The van der Waals surface area contributed by atoms with Crippen LogP contribution >= 0.6 is 0 Å². The lowest BCUT2D eigenvalue weighted by Crippen LogP contribution is -2.43. The van der Waals surface area contributed by atoms with Gasteiger partial charge in [-0.25, -0.2) is 4.79 Å². The molecule has 0 aliphatic carbocycles. The molecule has 82 valence electrons. The molecule has 0 saturated carbocycles. The van der Waals surface area contributed by atoms with Gasteiger partial charge in [-0.3, -0.25) is 4.79 Å². The number of rotatable bonds is 6. The summed E-state index contributed by atoms with van der Waals surface area (Å²) in [5, 5.41) is 12.4. The van der Waals surface area contributed by atoms with Crippen LogP contribution in [0.1, 0.15) is 6.92 Å². The molecule has 0 rings (SSSR count). The van der Waals surface area contributed by atoms with E-state index in [-0.39, 0.29) is 6.54 Å². The van der Waals surface area contributed by atoms with E-state index in [2.05, 4.69) is 5.32 Å². The molecule has 0 bridgehead atoms. The van der Waals surface area contributed by atoms with Crippen molar-refractivity contribution in [2.24, 2.45) is 0 Å². The first kappa shape index (κ1) is 12.8. The number of amides is 1. The van der Waals surface area contributed by atoms with Gasteiger partial charge >= 0.3 is 11.9 Å². The molecule has 0 aliphatic heterocycles. The van der Waals surface area contributed by atoms with Crippen molar-refractivity contribution in [3.63, 3.8) is 0 Å². The van der Waals surface area contributed by atoms with Crippen LogP contribution < -0.4 is 10.6 Å². The van der Waals surface area contributed by atoms with E-state index < -0.39 is 24.3 Å². The third-order valence-corrected chi connectivity index (χ3v) is 1.32. The topological polar surface area (TPSA) is 78.4 Å². The van der Waals surface area contributed by atoms with Gasteiger partial charge < -0.3 is 15.7 Å². The van der Waals surface area contributed by atoms with Gasteiger partial charge in [-0.05, 0) is 6.92 Å². The van der Waals surface area contributed by atoms with Crippen LogP contribution in [0.3, 0.4) is 0 Å². The van der Waals surface area contributed by atoms with Crippen LogP contribution in [0, 0.1) is 0 Å². The SMILES string of the molecule is CCNC(=O)CNCC(F)(F)C(=O)O. The maximum Gasteiger partial charge on any atom is 0.375 e. The van der Waals surface area contributed by atoms with E-state index in [0.29, 0.717) is 6.54 Å². The van der Waals surface area contributed by atoms with Gasteiger partial charge in [0, 0.05) is 6.54 Å². The number of hydrogen-bond donors (Lipinski definition) is 3. The second kappa shape index (κ2) is 5.48. The Morgan fingerprint density at radius 3 is 2.43 bits per heavy atom. The van der Waals surface area contributed by atoms with Gasteiger partial charge in [0.15, 0.2) is 0 Å². The minimum absolute atomic E-state index is 0.323. The maximum atomic E-state index is 12.4. The molecule has 0 unspecified atom stereocenters. The largest absolute Gasteiger partial charge is 0.477 e. The first-order valence-electron chi connectivity index (χ1n) is 3.98. The van der Waals surface area contributed by atoms with Crippen molar-refractivity contribution in [3.8, 4) is 0 Å². The predicted molar refractivity (Wildman–Crippen MR) is 44.1 cm³/mol. The molecule has 7 heteroatoms. The lowest BCUT2D eigenvalue weighted by Gasteiger charge is -2.11. The van der Waals surface area contributed by atoms with Gasteiger partial charge in [0.2, 0.25) is 5.91 Å². The number of carbonyl (C=O) groups is 2. The van der Waals surface area contributed by atoms with Crippen molar-refractivity contribution < 1.29 is 23.5 Å². The zero-order valence-corrected chi connectivity index (χ0v) is 7.64. The molecule has 3 N–H and O–H groups in total. The fourth-order valence-corrected chi connectivity index (χ4v) is 0.668. The van der Waals surface area contributed by atoms with Gasteiger partial charge in [-0.2, -0.15) is 8.78 Å². The summed E-state index contributed by atoms with van der Waals surface area (Å²) in [7, 11) is 0. The zero-order chi connectivity index (χ0) is 11.2. The van der Waals surface area contributed by atoms with Crippen molar-refractivity contribution in [2.75, 3.05) is 19.6 Å². The van der Waals surface area contributed by atoms with Crippen molar-refractivity contribution in [2.45, 2.75) is 12.8 Å². The Labute approximate surface area is 79.5 Å². The van der Waals surface area contributed by atoms with Gasteiger partial charge in [-0.1, -0.05) is 0 Å². The highest BCUT2D eigenvalue weighted by Crippen LogP contribution is 2.10. The number of nitrogens with one attached hydrogen (secondary N) is 2. The lowest BCUT2D eigenvalue weighted by atomic mass is 10.3. The number of likely N-dealkylation sites (N-methyl/N-ethyl adjacent to an activating group) is 1. The number of alkyl halides is 2. The highest BCUT2D eigenvalue weighted by atomic mass is 19.3. The molecule has 0 saturated heterocycles. The van der Waals surface area contributed by atoms with Crippen molar-refractivity contribution in [3.05, 3.63) is 0 Å². The minimum atomic E-state index is -3.84. The molecule has 1 amide bonds. The Balaban J connectivity index is 3.74. The number of aliphatic carboxylic acids is 1. The standard InChI is InChI=1S/C7H12F2N2O3/c1-2-11-5(12)3-10-4-7(8,9)6(13)14/h10H,2-4H2,1H3,(H,11,12)(H,13,14). The minimum Gasteiger partial charge on any atom is -0.477 e. The molecular formula is C7H12F2N2O3. The van der Waals surface area contributed by atoms with Gasteiger partial charge in [-0.15, -0.1) is 0 Å². The fraction of sp³-hybridized carbons (Fsp3) is 0.714. The van der Waals surface area contributed by atoms with Crippen molar-refractivity contribution >= 4 is 11.9 Å². The molecule has 0 aliphatic rings. The third-order valence-electron chi connectivity index (χ3n) is 1.32. The summed E-state index contributed by atoms with van der Waals surface area (Å²) in [6, 6.07) is 0. The van der Waals surface area contributed by atoms with E-state index in [4.69, 9.17) is 5.11 Å². The number of carboxylic acid groups (broad SMARTS) is 1. The third kappa shape index (κ3) is 4.70. The van der Waals surface area contributed by atoms with E-state index in [0.717, 1.165) is 0 Å². The molecule has 0 fully saturated rings. The van der Waals surface area contributed by atoms with Crippen molar-refractivity contribution in [1.82, 2.24) is 10.6 Å². The normalized spacial score (nSPS) is 11.1. The van der Waals surface area contributed by atoms with Gasteiger partial charge in [0.25, 0.3) is 0 Å². The van der Waals surface area contributed by atoms with Crippen LogP contribution in [0.4, 0.5) is 8.78 Å². The smallest absolute Gasteiger partial charge is 0.375 e. The molecular weight excluding hydrogens is 198 g/mol. The van der Waals surface area contributed by atoms with E-state index in [1.807, 2.05) is 5.32 Å². The van der Waals surface area contributed by atoms with E-state index >= 15 is 0 Å². The first-order valence-corrected chi connectivity index (χ1v) is 3.98. The number of carboxylic acids is 1.